The second-order valence-corrected chi connectivity index (χ2v) is 13.4. The van der Waals surface area contributed by atoms with E-state index in [1.54, 1.807) is 18.2 Å². The van der Waals surface area contributed by atoms with Crippen LogP contribution in [0.5, 0.6) is 5.75 Å². The molecule has 2 saturated heterocycles. The maximum Gasteiger partial charge on any atom is 0.264 e. The number of ether oxygens (including phenoxy) is 2. The molecule has 3 aliphatic heterocycles. The summed E-state index contributed by atoms with van der Waals surface area (Å²) in [5.41, 5.74) is 1.38. The van der Waals surface area contributed by atoms with Crippen LogP contribution in [0.4, 0.5) is 11.4 Å². The molecule has 5 rings (SSSR count). The molecule has 1 unspecified atom stereocenters. The average molecular weight is 620 g/mol. The second kappa shape index (κ2) is 13.2. The van der Waals surface area contributed by atoms with Gasteiger partial charge < -0.3 is 24.6 Å². The number of likely N-dealkylation sites (N-methyl/N-ethyl adjacent to an activating group) is 1. The third-order valence-electron chi connectivity index (χ3n) is 8.81. The largest absolute Gasteiger partial charge is 0.488 e. The number of hydrogen-bond acceptors (Lipinski definition) is 9. The highest BCUT2D eigenvalue weighted by molar-refractivity contribution is 6.25. The minimum atomic E-state index is -0.995. The van der Waals surface area contributed by atoms with Crippen LogP contribution >= 0.6 is 0 Å². The Labute approximate surface area is 265 Å². The summed E-state index contributed by atoms with van der Waals surface area (Å²) in [7, 11) is 2.15. The molecule has 0 saturated carbocycles. The molecule has 0 spiro atoms. The Morgan fingerprint density at radius 1 is 0.889 bits per heavy atom. The maximum atomic E-state index is 13.3. The first-order valence-corrected chi connectivity index (χ1v) is 15.8. The highest BCUT2D eigenvalue weighted by Crippen LogP contribution is 2.33. The summed E-state index contributed by atoms with van der Waals surface area (Å²) < 4.78 is 12.6. The Morgan fingerprint density at radius 3 is 2.29 bits per heavy atom. The molecular weight excluding hydrogens is 574 g/mol. The third kappa shape index (κ3) is 7.65. The number of piperidine rings is 1. The predicted octanol–water partition coefficient (Wildman–Crippen LogP) is 3.68. The van der Waals surface area contributed by atoms with Crippen LogP contribution in [0.3, 0.4) is 0 Å². The topological polar surface area (TPSA) is 121 Å². The van der Waals surface area contributed by atoms with Gasteiger partial charge in [0, 0.05) is 56.9 Å². The van der Waals surface area contributed by atoms with Crippen LogP contribution in [-0.4, -0.2) is 97.1 Å². The zero-order valence-electron chi connectivity index (χ0n) is 27.0. The second-order valence-electron chi connectivity index (χ2n) is 13.4. The molecule has 45 heavy (non-hydrogen) atoms. The Balaban J connectivity index is 1.09. The van der Waals surface area contributed by atoms with Crippen molar-refractivity contribution < 1.29 is 28.7 Å². The predicted molar refractivity (Wildman–Crippen MR) is 172 cm³/mol. The van der Waals surface area contributed by atoms with Gasteiger partial charge in [0.2, 0.25) is 11.8 Å². The molecule has 11 nitrogen and oxygen atoms in total. The van der Waals surface area contributed by atoms with Gasteiger partial charge in [-0.25, -0.2) is 0 Å². The summed E-state index contributed by atoms with van der Waals surface area (Å²) in [6, 6.07) is 12.4. The standard InChI is InChI=1S/C34H45N5O6/c1-33(2,44-22-16-34(3,4)45-24-11-9-23(10-12-24)38-20-18-37(5)19-21-38)15-17-35-26-8-6-7-25-29(26)32(43)39(31(25)42)27-13-14-28(40)36-30(27)41/h6-12,27,35H,13-22H2,1-5H3,(H,36,40,41). The van der Waals surface area contributed by atoms with Gasteiger partial charge in [-0.3, -0.25) is 29.4 Å². The van der Waals surface area contributed by atoms with Gasteiger partial charge in [0.15, 0.2) is 0 Å². The smallest absolute Gasteiger partial charge is 0.264 e. The number of amides is 4. The van der Waals surface area contributed by atoms with Crippen LogP contribution in [0.25, 0.3) is 0 Å². The number of benzene rings is 2. The van der Waals surface area contributed by atoms with E-state index < -0.39 is 40.9 Å². The summed E-state index contributed by atoms with van der Waals surface area (Å²) in [6.07, 6.45) is 1.54. The number of imide groups is 2. The molecule has 11 heteroatoms. The number of piperazine rings is 1. The van der Waals surface area contributed by atoms with Gasteiger partial charge in [-0.1, -0.05) is 6.07 Å². The number of carbonyl (C=O) groups is 4. The van der Waals surface area contributed by atoms with Crippen molar-refractivity contribution in [1.29, 1.82) is 0 Å². The monoisotopic (exact) mass is 619 g/mol. The highest BCUT2D eigenvalue weighted by atomic mass is 16.5. The molecule has 2 aromatic rings. The van der Waals surface area contributed by atoms with Crippen molar-refractivity contribution in [3.8, 4) is 5.75 Å². The Hall–Kier alpha value is -3.96. The first-order chi connectivity index (χ1) is 21.3. The minimum absolute atomic E-state index is 0.0809. The van der Waals surface area contributed by atoms with Crippen molar-refractivity contribution in [2.24, 2.45) is 0 Å². The van der Waals surface area contributed by atoms with Gasteiger partial charge in [0.05, 0.1) is 23.3 Å². The van der Waals surface area contributed by atoms with Gasteiger partial charge in [0.25, 0.3) is 11.8 Å². The quantitative estimate of drug-likeness (QED) is 0.343. The maximum absolute atomic E-state index is 13.3. The molecule has 0 aromatic heterocycles. The molecule has 0 bridgehead atoms. The number of anilines is 2. The molecule has 0 aliphatic carbocycles. The summed E-state index contributed by atoms with van der Waals surface area (Å²) in [5, 5.41) is 5.53. The number of fused-ring (bicyclic) bond motifs is 1. The van der Waals surface area contributed by atoms with Crippen molar-refractivity contribution >= 4 is 35.0 Å². The van der Waals surface area contributed by atoms with Crippen molar-refractivity contribution in [1.82, 2.24) is 15.1 Å². The van der Waals surface area contributed by atoms with E-state index in [2.05, 4.69) is 53.5 Å². The molecule has 1 atom stereocenters. The van der Waals surface area contributed by atoms with Crippen LogP contribution < -0.4 is 20.3 Å². The van der Waals surface area contributed by atoms with Crippen LogP contribution in [0.1, 0.15) is 74.1 Å². The van der Waals surface area contributed by atoms with Crippen LogP contribution in [0.2, 0.25) is 0 Å². The van der Waals surface area contributed by atoms with E-state index in [1.165, 1.54) is 5.69 Å². The molecule has 242 valence electrons. The van der Waals surface area contributed by atoms with Crippen molar-refractivity contribution in [2.45, 2.75) is 70.6 Å². The van der Waals surface area contributed by atoms with E-state index in [4.69, 9.17) is 9.47 Å². The van der Waals surface area contributed by atoms with Gasteiger partial charge in [-0.05, 0) is 84.0 Å². The van der Waals surface area contributed by atoms with Crippen molar-refractivity contribution in [3.05, 3.63) is 53.6 Å². The van der Waals surface area contributed by atoms with Crippen LogP contribution in [0, 0.1) is 0 Å². The minimum Gasteiger partial charge on any atom is -0.488 e. The van der Waals surface area contributed by atoms with E-state index >= 15 is 0 Å². The van der Waals surface area contributed by atoms with E-state index in [-0.39, 0.29) is 24.0 Å². The molecule has 0 radical (unpaired) electrons. The number of hydrogen-bond donors (Lipinski definition) is 2. The molecule has 3 heterocycles. The average Bonchev–Trinajstić information content (AvgIpc) is 3.23. The lowest BCUT2D eigenvalue weighted by molar-refractivity contribution is -0.136. The zero-order valence-corrected chi connectivity index (χ0v) is 27.0. The first-order valence-electron chi connectivity index (χ1n) is 15.8. The molecule has 2 N–H and O–H groups in total. The molecule has 4 amide bonds. The third-order valence-corrected chi connectivity index (χ3v) is 8.81. The lowest BCUT2D eigenvalue weighted by Crippen LogP contribution is -2.54. The summed E-state index contributed by atoms with van der Waals surface area (Å²) in [4.78, 5) is 56.1. The molecule has 2 fully saturated rings. The van der Waals surface area contributed by atoms with Gasteiger partial charge >= 0.3 is 0 Å². The lowest BCUT2D eigenvalue weighted by Gasteiger charge is -2.34. The van der Waals surface area contributed by atoms with Gasteiger partial charge in [-0.2, -0.15) is 0 Å². The van der Waals surface area contributed by atoms with Gasteiger partial charge in [-0.15, -0.1) is 0 Å². The van der Waals surface area contributed by atoms with E-state index in [0.717, 1.165) is 36.8 Å². The Morgan fingerprint density at radius 2 is 1.60 bits per heavy atom. The number of rotatable bonds is 12. The summed E-state index contributed by atoms with van der Waals surface area (Å²) in [6.45, 7) is 13.4. The van der Waals surface area contributed by atoms with Gasteiger partial charge in [0.1, 0.15) is 17.4 Å². The fourth-order valence-corrected chi connectivity index (χ4v) is 5.97. The van der Waals surface area contributed by atoms with Crippen molar-refractivity contribution in [2.75, 3.05) is 56.6 Å². The fraction of sp³-hybridized carbons (Fsp3) is 0.529. The van der Waals surface area contributed by atoms with Crippen LogP contribution in [-0.2, 0) is 14.3 Å². The Kier molecular flexibility index (Phi) is 9.50. The van der Waals surface area contributed by atoms with Crippen molar-refractivity contribution in [3.63, 3.8) is 0 Å². The number of carbonyl (C=O) groups excluding carboxylic acids is 4. The normalized spacial score (nSPS) is 19.5. The number of nitrogens with zero attached hydrogens (tertiary/aromatic N) is 3. The molecule has 2 aromatic carbocycles. The van der Waals surface area contributed by atoms with E-state index in [1.807, 2.05) is 26.0 Å². The summed E-state index contributed by atoms with van der Waals surface area (Å²) in [5.74, 6) is -1.24. The first kappa shape index (κ1) is 32.4. The molecular formula is C34H45N5O6. The highest BCUT2D eigenvalue weighted by Gasteiger charge is 2.45. The zero-order chi connectivity index (χ0) is 32.4. The lowest BCUT2D eigenvalue weighted by atomic mass is 10.0. The SMILES string of the molecule is CN1CCN(c2ccc(OC(C)(C)CCOC(C)(C)CCNc3cccc4c3C(=O)N(C3CCC(=O)NC3=O)C4=O)cc2)CC1. The van der Waals surface area contributed by atoms with E-state index in [9.17, 15) is 19.2 Å². The number of nitrogens with one attached hydrogen (secondary N) is 2. The fourth-order valence-electron chi connectivity index (χ4n) is 5.97. The summed E-state index contributed by atoms with van der Waals surface area (Å²) >= 11 is 0. The van der Waals surface area contributed by atoms with E-state index in [0.29, 0.717) is 31.7 Å². The molecule has 3 aliphatic rings. The Bertz CT molecular complexity index is 1430. The van der Waals surface area contributed by atoms with Crippen LogP contribution in [0.15, 0.2) is 42.5 Å².